The van der Waals surface area contributed by atoms with Crippen LogP contribution in [0, 0.1) is 6.92 Å². The van der Waals surface area contributed by atoms with Crippen LogP contribution in [-0.2, 0) is 13.0 Å². The molecule has 2 aromatic rings. The SMILES string of the molecule is CCC(CN)c1cc2c3c(c1)cc(C)n3CCC2. The predicted octanol–water partition coefficient (Wildman–Crippen LogP) is 3.35. The first-order valence-electron chi connectivity index (χ1n) is 7.07. The van der Waals surface area contributed by atoms with Crippen molar-refractivity contribution in [2.45, 2.75) is 45.6 Å². The fraction of sp³-hybridized carbons (Fsp3) is 0.500. The summed E-state index contributed by atoms with van der Waals surface area (Å²) in [7, 11) is 0. The van der Waals surface area contributed by atoms with Crippen LogP contribution in [-0.4, -0.2) is 11.1 Å². The Kier molecular flexibility index (Phi) is 2.90. The second-order valence-corrected chi connectivity index (χ2v) is 5.50. The zero-order valence-corrected chi connectivity index (χ0v) is 11.4. The van der Waals surface area contributed by atoms with Crippen LogP contribution in [0.1, 0.15) is 42.5 Å². The minimum Gasteiger partial charge on any atom is -0.345 e. The largest absolute Gasteiger partial charge is 0.345 e. The van der Waals surface area contributed by atoms with Gasteiger partial charge in [-0.3, -0.25) is 0 Å². The lowest BCUT2D eigenvalue weighted by atomic mass is 9.91. The molecule has 1 aromatic heterocycles. The summed E-state index contributed by atoms with van der Waals surface area (Å²) in [5.74, 6) is 0.510. The van der Waals surface area contributed by atoms with Gasteiger partial charge >= 0.3 is 0 Å². The number of aromatic nitrogens is 1. The van der Waals surface area contributed by atoms with Crippen molar-refractivity contribution in [2.75, 3.05) is 6.54 Å². The Morgan fingerprint density at radius 2 is 2.17 bits per heavy atom. The van der Waals surface area contributed by atoms with Crippen LogP contribution < -0.4 is 5.73 Å². The van der Waals surface area contributed by atoms with Crippen molar-refractivity contribution >= 4 is 10.9 Å². The molecule has 0 amide bonds. The second kappa shape index (κ2) is 4.43. The van der Waals surface area contributed by atoms with E-state index in [2.05, 4.69) is 36.6 Å². The van der Waals surface area contributed by atoms with E-state index in [1.165, 1.54) is 47.1 Å². The Balaban J connectivity index is 2.21. The van der Waals surface area contributed by atoms with Crippen LogP contribution in [0.15, 0.2) is 18.2 Å². The van der Waals surface area contributed by atoms with E-state index in [0.717, 1.165) is 13.0 Å². The van der Waals surface area contributed by atoms with Gasteiger partial charge in [0.25, 0.3) is 0 Å². The molecule has 0 saturated carbocycles. The van der Waals surface area contributed by atoms with Gasteiger partial charge < -0.3 is 10.3 Å². The Labute approximate surface area is 109 Å². The average Bonchev–Trinajstić information content (AvgIpc) is 2.70. The zero-order chi connectivity index (χ0) is 12.7. The molecular weight excluding hydrogens is 220 g/mol. The summed E-state index contributed by atoms with van der Waals surface area (Å²) in [6.07, 6.45) is 3.61. The Bertz CT molecular complexity index is 576. The first-order chi connectivity index (χ1) is 8.74. The van der Waals surface area contributed by atoms with Crippen LogP contribution in [0.5, 0.6) is 0 Å². The van der Waals surface area contributed by atoms with E-state index in [1.807, 2.05) is 0 Å². The van der Waals surface area contributed by atoms with Crippen molar-refractivity contribution in [1.82, 2.24) is 4.57 Å². The summed E-state index contributed by atoms with van der Waals surface area (Å²) < 4.78 is 2.47. The Morgan fingerprint density at radius 3 is 2.89 bits per heavy atom. The molecule has 1 aliphatic rings. The van der Waals surface area contributed by atoms with Gasteiger partial charge in [0.15, 0.2) is 0 Å². The lowest BCUT2D eigenvalue weighted by molar-refractivity contribution is 0.620. The van der Waals surface area contributed by atoms with E-state index in [1.54, 1.807) is 0 Å². The minimum atomic E-state index is 0.510. The highest BCUT2D eigenvalue weighted by Gasteiger charge is 2.17. The van der Waals surface area contributed by atoms with Crippen molar-refractivity contribution < 1.29 is 0 Å². The average molecular weight is 242 g/mol. The van der Waals surface area contributed by atoms with E-state index in [4.69, 9.17) is 5.73 Å². The standard InChI is InChI=1S/C16H22N2/c1-3-12(10-17)14-8-13-5-4-6-18-11(2)7-15(9-14)16(13)18/h7-9,12H,3-6,10,17H2,1-2H3. The molecule has 2 N–H and O–H groups in total. The molecule has 0 bridgehead atoms. The summed E-state index contributed by atoms with van der Waals surface area (Å²) in [6.45, 7) is 6.37. The Morgan fingerprint density at radius 1 is 1.33 bits per heavy atom. The lowest BCUT2D eigenvalue weighted by Crippen LogP contribution is -2.13. The fourth-order valence-corrected chi connectivity index (χ4v) is 3.34. The summed E-state index contributed by atoms with van der Waals surface area (Å²) in [4.78, 5) is 0. The molecule has 1 atom stereocenters. The highest BCUT2D eigenvalue weighted by Crippen LogP contribution is 2.32. The number of nitrogens with two attached hydrogens (primary N) is 1. The van der Waals surface area contributed by atoms with Gasteiger partial charge in [0.2, 0.25) is 0 Å². The topological polar surface area (TPSA) is 30.9 Å². The molecule has 1 aromatic carbocycles. The smallest absolute Gasteiger partial charge is 0.0515 e. The van der Waals surface area contributed by atoms with Gasteiger partial charge in [0.1, 0.15) is 0 Å². The van der Waals surface area contributed by atoms with Gasteiger partial charge in [-0.25, -0.2) is 0 Å². The highest BCUT2D eigenvalue weighted by molar-refractivity contribution is 5.86. The molecule has 1 unspecified atom stereocenters. The molecule has 0 fully saturated rings. The molecule has 0 saturated heterocycles. The number of nitrogens with zero attached hydrogens (tertiary/aromatic N) is 1. The van der Waals surface area contributed by atoms with Crippen molar-refractivity contribution in [3.8, 4) is 0 Å². The molecule has 2 heterocycles. The van der Waals surface area contributed by atoms with Crippen molar-refractivity contribution in [3.05, 3.63) is 35.0 Å². The Hall–Kier alpha value is -1.28. The van der Waals surface area contributed by atoms with E-state index in [9.17, 15) is 0 Å². The molecule has 2 nitrogen and oxygen atoms in total. The number of rotatable bonds is 3. The number of aryl methyl sites for hydroxylation is 3. The minimum absolute atomic E-state index is 0.510. The van der Waals surface area contributed by atoms with Gasteiger partial charge in [0.05, 0.1) is 5.52 Å². The van der Waals surface area contributed by atoms with Crippen molar-refractivity contribution in [3.63, 3.8) is 0 Å². The van der Waals surface area contributed by atoms with Crippen molar-refractivity contribution in [2.24, 2.45) is 5.73 Å². The fourth-order valence-electron chi connectivity index (χ4n) is 3.34. The molecule has 1 aliphatic heterocycles. The van der Waals surface area contributed by atoms with Crippen LogP contribution in [0.3, 0.4) is 0 Å². The van der Waals surface area contributed by atoms with Gasteiger partial charge in [-0.15, -0.1) is 0 Å². The first-order valence-corrected chi connectivity index (χ1v) is 7.07. The predicted molar refractivity (Wildman–Crippen MR) is 77.1 cm³/mol. The van der Waals surface area contributed by atoms with Crippen molar-refractivity contribution in [1.29, 1.82) is 0 Å². The number of benzene rings is 1. The van der Waals surface area contributed by atoms with Gasteiger partial charge in [0, 0.05) is 17.6 Å². The summed E-state index contributed by atoms with van der Waals surface area (Å²) in [5, 5.41) is 1.41. The third kappa shape index (κ3) is 1.67. The van der Waals surface area contributed by atoms with Crippen LogP contribution >= 0.6 is 0 Å². The third-order valence-electron chi connectivity index (χ3n) is 4.38. The molecular formula is C16H22N2. The number of hydrogen-bond donors (Lipinski definition) is 1. The molecule has 0 radical (unpaired) electrons. The van der Waals surface area contributed by atoms with E-state index < -0.39 is 0 Å². The first kappa shape index (κ1) is 11.8. The summed E-state index contributed by atoms with van der Waals surface area (Å²) in [6, 6.07) is 7.09. The van der Waals surface area contributed by atoms with Gasteiger partial charge in [-0.05, 0) is 61.9 Å². The van der Waals surface area contributed by atoms with Crippen LogP contribution in [0.25, 0.3) is 10.9 Å². The maximum absolute atomic E-state index is 5.89. The number of hydrogen-bond acceptors (Lipinski definition) is 1. The normalized spacial score (nSPS) is 16.2. The molecule has 18 heavy (non-hydrogen) atoms. The summed E-state index contributed by atoms with van der Waals surface area (Å²) in [5.41, 5.74) is 11.7. The molecule has 0 aliphatic carbocycles. The maximum Gasteiger partial charge on any atom is 0.0515 e. The molecule has 2 heteroatoms. The van der Waals surface area contributed by atoms with Gasteiger partial charge in [-0.2, -0.15) is 0 Å². The quantitative estimate of drug-likeness (QED) is 0.879. The highest BCUT2D eigenvalue weighted by atomic mass is 15.0. The van der Waals surface area contributed by atoms with E-state index in [-0.39, 0.29) is 0 Å². The molecule has 0 spiro atoms. The van der Waals surface area contributed by atoms with Crippen LogP contribution in [0.2, 0.25) is 0 Å². The maximum atomic E-state index is 5.89. The monoisotopic (exact) mass is 242 g/mol. The second-order valence-electron chi connectivity index (χ2n) is 5.50. The van der Waals surface area contributed by atoms with E-state index in [0.29, 0.717) is 5.92 Å². The molecule has 96 valence electrons. The van der Waals surface area contributed by atoms with Gasteiger partial charge in [-0.1, -0.05) is 13.0 Å². The van der Waals surface area contributed by atoms with Crippen LogP contribution in [0.4, 0.5) is 0 Å². The summed E-state index contributed by atoms with van der Waals surface area (Å²) >= 11 is 0. The molecule has 3 rings (SSSR count). The zero-order valence-electron chi connectivity index (χ0n) is 11.4. The van der Waals surface area contributed by atoms with E-state index >= 15 is 0 Å². The lowest BCUT2D eigenvalue weighted by Gasteiger charge is -2.20. The third-order valence-corrected chi connectivity index (χ3v) is 4.38.